The summed E-state index contributed by atoms with van der Waals surface area (Å²) in [5, 5.41) is 3.66. The van der Waals surface area contributed by atoms with Crippen LogP contribution in [0, 0.1) is 0 Å². The average molecular weight is 272 g/mol. The van der Waals surface area contributed by atoms with E-state index in [-0.39, 0.29) is 11.4 Å². The molecule has 4 heteroatoms. The number of rotatable bonds is 4. The van der Waals surface area contributed by atoms with Crippen molar-refractivity contribution >= 4 is 29.1 Å². The summed E-state index contributed by atoms with van der Waals surface area (Å²) >= 11 is 11.9. The van der Waals surface area contributed by atoms with Crippen LogP contribution in [0.1, 0.15) is 24.8 Å². The van der Waals surface area contributed by atoms with Crippen LogP contribution < -0.4 is 5.32 Å². The highest BCUT2D eigenvalue weighted by Crippen LogP contribution is 2.33. The van der Waals surface area contributed by atoms with Gasteiger partial charge in [0.1, 0.15) is 0 Å². The first-order valence-electron chi connectivity index (χ1n) is 5.76. The molecule has 2 rings (SSSR count). The molecule has 0 radical (unpaired) electrons. The molecule has 0 aliphatic heterocycles. The van der Waals surface area contributed by atoms with E-state index in [4.69, 9.17) is 23.2 Å². The van der Waals surface area contributed by atoms with Crippen LogP contribution in [0.15, 0.2) is 24.3 Å². The maximum atomic E-state index is 11.9. The number of hydrogen-bond donors (Lipinski definition) is 1. The van der Waals surface area contributed by atoms with Gasteiger partial charge in [0, 0.05) is 10.9 Å². The summed E-state index contributed by atoms with van der Waals surface area (Å²) in [6, 6.07) is 7.41. The highest BCUT2D eigenvalue weighted by atomic mass is 35.5. The molecule has 0 atom stereocenters. The van der Waals surface area contributed by atoms with Crippen molar-refractivity contribution in [3.63, 3.8) is 0 Å². The average Bonchev–Trinajstić information content (AvgIpc) is 2.27. The van der Waals surface area contributed by atoms with Crippen molar-refractivity contribution < 1.29 is 4.79 Å². The van der Waals surface area contributed by atoms with Crippen LogP contribution >= 0.6 is 23.2 Å². The first-order chi connectivity index (χ1) is 8.15. The van der Waals surface area contributed by atoms with Crippen molar-refractivity contribution in [1.29, 1.82) is 0 Å². The van der Waals surface area contributed by atoms with Gasteiger partial charge >= 0.3 is 0 Å². The van der Waals surface area contributed by atoms with E-state index in [1.165, 1.54) is 0 Å². The number of amides is 1. The predicted octanol–water partition coefficient (Wildman–Crippen LogP) is 3.16. The summed E-state index contributed by atoms with van der Waals surface area (Å²) in [6.07, 6.45) is 3.41. The minimum atomic E-state index is -0.167. The molecule has 1 fully saturated rings. The zero-order valence-corrected chi connectivity index (χ0v) is 11.0. The van der Waals surface area contributed by atoms with Gasteiger partial charge in [-0.3, -0.25) is 4.79 Å². The largest absolute Gasteiger partial charge is 0.349 e. The molecule has 1 saturated carbocycles. The third-order valence-corrected chi connectivity index (χ3v) is 4.16. The quantitative estimate of drug-likeness (QED) is 0.838. The second-order valence-corrected chi connectivity index (χ2v) is 5.26. The molecule has 1 aliphatic carbocycles. The molecule has 1 aromatic carbocycles. The molecule has 2 nitrogen and oxygen atoms in total. The number of carbonyl (C=O) groups is 1. The number of nitrogens with one attached hydrogen (secondary N) is 1. The van der Waals surface area contributed by atoms with Gasteiger partial charge in [0.05, 0.1) is 12.0 Å². The molecule has 1 amide bonds. The topological polar surface area (TPSA) is 29.1 Å². The predicted molar refractivity (Wildman–Crippen MR) is 70.6 cm³/mol. The van der Waals surface area contributed by atoms with Crippen molar-refractivity contribution in [3.05, 3.63) is 34.9 Å². The number of halogens is 2. The van der Waals surface area contributed by atoms with Crippen molar-refractivity contribution in [2.24, 2.45) is 0 Å². The van der Waals surface area contributed by atoms with Gasteiger partial charge in [-0.05, 0) is 30.9 Å². The Morgan fingerprint density at radius 3 is 2.59 bits per heavy atom. The second-order valence-electron chi connectivity index (χ2n) is 4.58. The minimum absolute atomic E-state index is 0.00144. The first-order valence-corrected chi connectivity index (χ1v) is 6.67. The summed E-state index contributed by atoms with van der Waals surface area (Å²) < 4.78 is 0. The summed E-state index contributed by atoms with van der Waals surface area (Å²) in [5.74, 6) is 0.486. The lowest BCUT2D eigenvalue weighted by Gasteiger charge is -2.41. The van der Waals surface area contributed by atoms with E-state index >= 15 is 0 Å². The molecule has 0 bridgehead atoms. The van der Waals surface area contributed by atoms with Crippen LogP contribution in [-0.2, 0) is 11.2 Å². The third kappa shape index (κ3) is 2.93. The van der Waals surface area contributed by atoms with Gasteiger partial charge in [-0.15, -0.1) is 11.6 Å². The number of benzene rings is 1. The van der Waals surface area contributed by atoms with Crippen LogP contribution in [-0.4, -0.2) is 17.3 Å². The number of hydrogen-bond acceptors (Lipinski definition) is 1. The Morgan fingerprint density at radius 2 is 2.06 bits per heavy atom. The van der Waals surface area contributed by atoms with E-state index in [2.05, 4.69) is 5.32 Å². The molecule has 1 N–H and O–H groups in total. The fourth-order valence-corrected chi connectivity index (χ4v) is 2.59. The SMILES string of the molecule is O=C(Cc1ccccc1Cl)NC1(CCl)CCC1. The molecule has 0 saturated heterocycles. The minimum Gasteiger partial charge on any atom is -0.349 e. The summed E-state index contributed by atoms with van der Waals surface area (Å²) in [5.41, 5.74) is 0.690. The Labute approximate surface area is 111 Å². The standard InChI is InChI=1S/C13H15Cl2NO/c14-9-13(6-3-7-13)16-12(17)8-10-4-1-2-5-11(10)15/h1-2,4-5H,3,6-9H2,(H,16,17). The van der Waals surface area contributed by atoms with Gasteiger partial charge < -0.3 is 5.32 Å². The number of alkyl halides is 1. The van der Waals surface area contributed by atoms with Gasteiger partial charge in [-0.1, -0.05) is 29.8 Å². The van der Waals surface area contributed by atoms with Crippen LogP contribution in [0.2, 0.25) is 5.02 Å². The molecule has 1 aromatic rings. The molecule has 0 unspecified atom stereocenters. The van der Waals surface area contributed by atoms with Crippen LogP contribution in [0.3, 0.4) is 0 Å². The van der Waals surface area contributed by atoms with E-state index in [0.717, 1.165) is 24.8 Å². The smallest absolute Gasteiger partial charge is 0.224 e. The van der Waals surface area contributed by atoms with Gasteiger partial charge in [-0.2, -0.15) is 0 Å². The third-order valence-electron chi connectivity index (χ3n) is 3.28. The highest BCUT2D eigenvalue weighted by Gasteiger charge is 2.37. The fraction of sp³-hybridized carbons (Fsp3) is 0.462. The maximum Gasteiger partial charge on any atom is 0.224 e. The van der Waals surface area contributed by atoms with E-state index in [1.807, 2.05) is 18.2 Å². The van der Waals surface area contributed by atoms with E-state index in [1.54, 1.807) is 6.07 Å². The van der Waals surface area contributed by atoms with Gasteiger partial charge in [0.25, 0.3) is 0 Å². The first kappa shape index (κ1) is 12.7. The Kier molecular flexibility index (Phi) is 3.95. The van der Waals surface area contributed by atoms with Crippen LogP contribution in [0.5, 0.6) is 0 Å². The van der Waals surface area contributed by atoms with Crippen LogP contribution in [0.25, 0.3) is 0 Å². The fourth-order valence-electron chi connectivity index (χ4n) is 2.05. The van der Waals surface area contributed by atoms with Gasteiger partial charge in [0.2, 0.25) is 5.91 Å². The zero-order valence-electron chi connectivity index (χ0n) is 9.51. The Morgan fingerprint density at radius 1 is 1.35 bits per heavy atom. The molecule has 0 heterocycles. The normalized spacial score (nSPS) is 17.3. The van der Waals surface area contributed by atoms with Crippen molar-refractivity contribution in [2.75, 3.05) is 5.88 Å². The lowest BCUT2D eigenvalue weighted by atomic mass is 9.78. The van der Waals surface area contributed by atoms with E-state index in [0.29, 0.717) is 17.3 Å². The molecule has 1 aliphatic rings. The second kappa shape index (κ2) is 5.28. The summed E-state index contributed by atoms with van der Waals surface area (Å²) in [4.78, 5) is 11.9. The molecule has 0 spiro atoms. The maximum absolute atomic E-state index is 11.9. The van der Waals surface area contributed by atoms with E-state index in [9.17, 15) is 4.79 Å². The molecule has 17 heavy (non-hydrogen) atoms. The molecular formula is C13H15Cl2NO. The highest BCUT2D eigenvalue weighted by molar-refractivity contribution is 6.31. The monoisotopic (exact) mass is 271 g/mol. The van der Waals surface area contributed by atoms with Crippen LogP contribution in [0.4, 0.5) is 0 Å². The summed E-state index contributed by atoms with van der Waals surface area (Å²) in [6.45, 7) is 0. The lowest BCUT2D eigenvalue weighted by molar-refractivity contribution is -0.123. The molecule has 0 aromatic heterocycles. The summed E-state index contributed by atoms with van der Waals surface area (Å²) in [7, 11) is 0. The van der Waals surface area contributed by atoms with Gasteiger partial charge in [-0.25, -0.2) is 0 Å². The Bertz CT molecular complexity index is 410. The lowest BCUT2D eigenvalue weighted by Crippen LogP contribution is -2.55. The Balaban J connectivity index is 1.96. The van der Waals surface area contributed by atoms with E-state index < -0.39 is 0 Å². The Hall–Kier alpha value is -0.730. The molecular weight excluding hydrogens is 257 g/mol. The van der Waals surface area contributed by atoms with Gasteiger partial charge in [0.15, 0.2) is 0 Å². The van der Waals surface area contributed by atoms with Crippen molar-refractivity contribution in [3.8, 4) is 0 Å². The number of carbonyl (C=O) groups excluding carboxylic acids is 1. The zero-order chi connectivity index (χ0) is 12.3. The van der Waals surface area contributed by atoms with Crippen molar-refractivity contribution in [2.45, 2.75) is 31.2 Å². The van der Waals surface area contributed by atoms with Crippen molar-refractivity contribution in [1.82, 2.24) is 5.32 Å². The molecule has 92 valence electrons.